The Balaban J connectivity index is 2.89. The lowest BCUT2D eigenvalue weighted by Gasteiger charge is -2.14. The molecular formula is C12H15F3N2O2. The number of carbonyl (C=O) groups is 1. The third-order valence-corrected chi connectivity index (χ3v) is 2.41. The molecule has 0 saturated heterocycles. The Bertz CT molecular complexity index is 461. The standard InChI is InChI=1S/C12H15F3N2O2/c1-3-19-7(2)11(18)17-8-4-5-10(16)9(6-8)12(13,14)15/h4-7H,3,16H2,1-2H3,(H,17,18). The number of hydrogen-bond acceptors (Lipinski definition) is 3. The zero-order chi connectivity index (χ0) is 14.6. The molecule has 0 radical (unpaired) electrons. The van der Waals surface area contributed by atoms with Crippen LogP contribution >= 0.6 is 0 Å². The molecule has 1 rings (SSSR count). The summed E-state index contributed by atoms with van der Waals surface area (Å²) in [5, 5.41) is 2.35. The number of benzene rings is 1. The van der Waals surface area contributed by atoms with Crippen molar-refractivity contribution in [1.82, 2.24) is 0 Å². The fourth-order valence-electron chi connectivity index (χ4n) is 1.45. The smallest absolute Gasteiger partial charge is 0.398 e. The lowest BCUT2D eigenvalue weighted by Crippen LogP contribution is -2.27. The van der Waals surface area contributed by atoms with Gasteiger partial charge in [-0.05, 0) is 32.0 Å². The van der Waals surface area contributed by atoms with E-state index in [1.807, 2.05) is 0 Å². The number of hydrogen-bond donors (Lipinski definition) is 2. The highest BCUT2D eigenvalue weighted by Gasteiger charge is 2.33. The first kappa shape index (κ1) is 15.3. The molecule has 0 saturated carbocycles. The summed E-state index contributed by atoms with van der Waals surface area (Å²) in [6.07, 6.45) is -5.30. The fourth-order valence-corrected chi connectivity index (χ4v) is 1.45. The summed E-state index contributed by atoms with van der Waals surface area (Å²) in [6, 6.07) is 3.21. The minimum Gasteiger partial charge on any atom is -0.398 e. The molecule has 0 aliphatic carbocycles. The SMILES string of the molecule is CCOC(C)C(=O)Nc1ccc(N)c(C(F)(F)F)c1. The van der Waals surface area contributed by atoms with Crippen LogP contribution in [0.15, 0.2) is 18.2 Å². The number of nitrogens with one attached hydrogen (secondary N) is 1. The number of amides is 1. The number of rotatable bonds is 4. The van der Waals surface area contributed by atoms with Crippen LogP contribution in [-0.2, 0) is 15.7 Å². The molecule has 0 heterocycles. The van der Waals surface area contributed by atoms with Crippen molar-refractivity contribution in [2.75, 3.05) is 17.7 Å². The maximum Gasteiger partial charge on any atom is 0.418 e. The number of carbonyl (C=O) groups excluding carboxylic acids is 1. The van der Waals surface area contributed by atoms with Crippen LogP contribution in [0.3, 0.4) is 0 Å². The summed E-state index contributed by atoms with van der Waals surface area (Å²) >= 11 is 0. The lowest BCUT2D eigenvalue weighted by atomic mass is 10.1. The Morgan fingerprint density at radius 3 is 2.63 bits per heavy atom. The number of nitrogen functional groups attached to an aromatic ring is 1. The van der Waals surface area contributed by atoms with Crippen molar-refractivity contribution in [2.24, 2.45) is 0 Å². The quantitative estimate of drug-likeness (QED) is 0.831. The Kier molecular flexibility index (Phi) is 4.77. The van der Waals surface area contributed by atoms with Crippen molar-refractivity contribution in [3.63, 3.8) is 0 Å². The van der Waals surface area contributed by atoms with Crippen molar-refractivity contribution in [3.8, 4) is 0 Å². The average Bonchev–Trinajstić information content (AvgIpc) is 2.30. The van der Waals surface area contributed by atoms with Crippen LogP contribution in [0.25, 0.3) is 0 Å². The fraction of sp³-hybridized carbons (Fsp3) is 0.417. The predicted molar refractivity (Wildman–Crippen MR) is 65.6 cm³/mol. The molecule has 4 nitrogen and oxygen atoms in total. The van der Waals surface area contributed by atoms with Crippen molar-refractivity contribution < 1.29 is 22.7 Å². The van der Waals surface area contributed by atoms with Crippen molar-refractivity contribution >= 4 is 17.3 Å². The lowest BCUT2D eigenvalue weighted by molar-refractivity contribution is -0.137. The van der Waals surface area contributed by atoms with Gasteiger partial charge in [0, 0.05) is 18.0 Å². The molecule has 0 bridgehead atoms. The summed E-state index contributed by atoms with van der Waals surface area (Å²) < 4.78 is 42.9. The van der Waals surface area contributed by atoms with E-state index >= 15 is 0 Å². The summed E-state index contributed by atoms with van der Waals surface area (Å²) in [7, 11) is 0. The monoisotopic (exact) mass is 276 g/mol. The summed E-state index contributed by atoms with van der Waals surface area (Å²) in [5.41, 5.74) is 3.92. The summed E-state index contributed by atoms with van der Waals surface area (Å²) in [5.74, 6) is -0.514. The second kappa shape index (κ2) is 5.92. The van der Waals surface area contributed by atoms with Gasteiger partial charge in [0.15, 0.2) is 0 Å². The van der Waals surface area contributed by atoms with Gasteiger partial charge in [-0.1, -0.05) is 0 Å². The van der Waals surface area contributed by atoms with E-state index in [1.165, 1.54) is 13.0 Å². The topological polar surface area (TPSA) is 64.3 Å². The van der Waals surface area contributed by atoms with Gasteiger partial charge in [-0.2, -0.15) is 13.2 Å². The van der Waals surface area contributed by atoms with Gasteiger partial charge in [-0.3, -0.25) is 4.79 Å². The first-order chi connectivity index (χ1) is 8.75. The van der Waals surface area contributed by atoms with E-state index in [9.17, 15) is 18.0 Å². The number of alkyl halides is 3. The number of halogens is 3. The van der Waals surface area contributed by atoms with Crippen LogP contribution in [0.2, 0.25) is 0 Å². The van der Waals surface area contributed by atoms with E-state index in [0.717, 1.165) is 12.1 Å². The first-order valence-corrected chi connectivity index (χ1v) is 5.65. The molecule has 1 aromatic rings. The number of anilines is 2. The average molecular weight is 276 g/mol. The van der Waals surface area contributed by atoms with Crippen LogP contribution in [0.4, 0.5) is 24.5 Å². The molecule has 1 amide bonds. The van der Waals surface area contributed by atoms with Crippen LogP contribution in [0.1, 0.15) is 19.4 Å². The highest BCUT2D eigenvalue weighted by molar-refractivity contribution is 5.94. The van der Waals surface area contributed by atoms with Gasteiger partial charge in [0.05, 0.1) is 5.56 Å². The van der Waals surface area contributed by atoms with E-state index in [-0.39, 0.29) is 11.4 Å². The maximum absolute atomic E-state index is 12.6. The van der Waals surface area contributed by atoms with Gasteiger partial charge >= 0.3 is 6.18 Å². The minimum atomic E-state index is -4.56. The van der Waals surface area contributed by atoms with E-state index < -0.39 is 23.8 Å². The van der Waals surface area contributed by atoms with Gasteiger partial charge in [-0.25, -0.2) is 0 Å². The van der Waals surface area contributed by atoms with Crippen molar-refractivity contribution in [2.45, 2.75) is 26.1 Å². The Morgan fingerprint density at radius 1 is 1.47 bits per heavy atom. The summed E-state index contributed by atoms with van der Waals surface area (Å²) in [4.78, 5) is 11.6. The molecule has 0 fully saturated rings. The molecule has 106 valence electrons. The molecular weight excluding hydrogens is 261 g/mol. The second-order valence-electron chi connectivity index (χ2n) is 3.89. The number of nitrogens with two attached hydrogens (primary N) is 1. The molecule has 3 N–H and O–H groups in total. The highest BCUT2D eigenvalue weighted by atomic mass is 19.4. The van der Waals surface area contributed by atoms with Crippen molar-refractivity contribution in [3.05, 3.63) is 23.8 Å². The Hall–Kier alpha value is -1.76. The van der Waals surface area contributed by atoms with E-state index in [1.54, 1.807) is 6.92 Å². The van der Waals surface area contributed by atoms with Gasteiger partial charge in [0.1, 0.15) is 6.10 Å². The largest absolute Gasteiger partial charge is 0.418 e. The molecule has 0 aliphatic heterocycles. The minimum absolute atomic E-state index is 0.0260. The molecule has 7 heteroatoms. The molecule has 1 aromatic carbocycles. The maximum atomic E-state index is 12.6. The Morgan fingerprint density at radius 2 is 2.11 bits per heavy atom. The van der Waals surface area contributed by atoms with Gasteiger partial charge in [-0.15, -0.1) is 0 Å². The molecule has 0 aromatic heterocycles. The Labute approximate surface area is 108 Å². The van der Waals surface area contributed by atoms with Crippen molar-refractivity contribution in [1.29, 1.82) is 0 Å². The van der Waals surface area contributed by atoms with E-state index in [0.29, 0.717) is 6.61 Å². The van der Waals surface area contributed by atoms with Crippen LogP contribution in [0, 0.1) is 0 Å². The zero-order valence-electron chi connectivity index (χ0n) is 10.5. The van der Waals surface area contributed by atoms with Gasteiger partial charge in [0.2, 0.25) is 0 Å². The second-order valence-corrected chi connectivity index (χ2v) is 3.89. The highest BCUT2D eigenvalue weighted by Crippen LogP contribution is 2.35. The zero-order valence-corrected chi connectivity index (χ0v) is 10.5. The first-order valence-electron chi connectivity index (χ1n) is 5.65. The molecule has 1 atom stereocenters. The van der Waals surface area contributed by atoms with E-state index in [4.69, 9.17) is 10.5 Å². The summed E-state index contributed by atoms with van der Waals surface area (Å²) in [6.45, 7) is 3.57. The van der Waals surface area contributed by atoms with Crippen LogP contribution in [-0.4, -0.2) is 18.6 Å². The van der Waals surface area contributed by atoms with Gasteiger partial charge in [0.25, 0.3) is 5.91 Å². The van der Waals surface area contributed by atoms with Crippen LogP contribution in [0.5, 0.6) is 0 Å². The molecule has 0 spiro atoms. The third kappa shape index (κ3) is 4.13. The predicted octanol–water partition coefficient (Wildman–Crippen LogP) is 2.65. The van der Waals surface area contributed by atoms with Crippen LogP contribution < -0.4 is 11.1 Å². The normalized spacial score (nSPS) is 13.1. The van der Waals surface area contributed by atoms with E-state index in [2.05, 4.69) is 5.32 Å². The third-order valence-electron chi connectivity index (χ3n) is 2.41. The molecule has 1 unspecified atom stereocenters. The molecule has 0 aliphatic rings. The molecule has 19 heavy (non-hydrogen) atoms. The van der Waals surface area contributed by atoms with Gasteiger partial charge < -0.3 is 15.8 Å². The number of ether oxygens (including phenoxy) is 1.